The number of phenols is 1. The Hall–Kier alpha value is -6.06. The lowest BCUT2D eigenvalue weighted by Gasteiger charge is -2.21. The summed E-state index contributed by atoms with van der Waals surface area (Å²) < 4.78 is 18.9. The molecule has 1 atom stereocenters. The predicted octanol–water partition coefficient (Wildman–Crippen LogP) is 8.46. The minimum absolute atomic E-state index is 0.257. The maximum atomic E-state index is 10.4. The second kappa shape index (κ2) is 16.8. The molecule has 1 N–H and O–H groups in total. The zero-order chi connectivity index (χ0) is 37.4. The second-order valence-electron chi connectivity index (χ2n) is 11.8. The fraction of sp³-hybridized carbons (Fsp3) is 0.189. The van der Waals surface area contributed by atoms with Gasteiger partial charge in [0.1, 0.15) is 19.0 Å². The smallest absolute Gasteiger partial charge is 0.324 e. The lowest BCUT2D eigenvalue weighted by atomic mass is 9.97. The number of benzene rings is 5. The maximum absolute atomic E-state index is 10.4. The van der Waals surface area contributed by atoms with E-state index in [-0.39, 0.29) is 6.04 Å². The zero-order valence-corrected chi connectivity index (χ0v) is 29.6. The molecule has 0 saturated carbocycles. The van der Waals surface area contributed by atoms with Crippen molar-refractivity contribution in [1.82, 2.24) is 4.90 Å². The Labute approximate surface area is 306 Å². The molecule has 0 bridgehead atoms. The number of methoxy groups -OCH3 is 1. The normalized spacial score (nSPS) is 13.3. The highest BCUT2D eigenvalue weighted by Crippen LogP contribution is 2.42. The molecule has 5 aromatic rings. The topological polar surface area (TPSA) is 181 Å². The fourth-order valence-electron chi connectivity index (χ4n) is 5.68. The van der Waals surface area contributed by atoms with Crippen molar-refractivity contribution < 1.29 is 34.1 Å². The molecule has 6 rings (SSSR count). The number of rotatable bonds is 12. The van der Waals surface area contributed by atoms with Gasteiger partial charge in [-0.05, 0) is 81.5 Å². The van der Waals surface area contributed by atoms with Crippen LogP contribution in [-0.2, 0) is 26.2 Å². The summed E-state index contributed by atoms with van der Waals surface area (Å²) in [5.41, 5.74) is 3.11. The number of fused-ring (bicyclic) bond motifs is 1. The van der Waals surface area contributed by atoms with Crippen molar-refractivity contribution >= 4 is 33.0 Å². The van der Waals surface area contributed by atoms with E-state index in [1.165, 1.54) is 16.7 Å². The number of hydrogen-bond acceptors (Lipinski definition) is 11. The monoisotopic (exact) mass is 772 g/mol. The predicted molar refractivity (Wildman–Crippen MR) is 195 cm³/mol. The summed E-state index contributed by atoms with van der Waals surface area (Å²) in [7, 11) is 3.88. The van der Waals surface area contributed by atoms with Gasteiger partial charge in [0, 0.05) is 12.6 Å². The van der Waals surface area contributed by atoms with Crippen LogP contribution in [-0.4, -0.2) is 38.9 Å². The standard InChI is InChI=1S/C31H30BrNO3.C6H3N3O7/c1-33-19-25-17-30(34-2)31(36-21-23-11-7-4-8-12-23)18-26(25)28(33)16-24-13-14-29(27(32)15-24)35-20-22-9-5-3-6-10-22;10-6-4(8(13)14)1-3(7(11)12)2-5(6)9(15)16/h3-15,17-18,28H,16,19-21H2,1-2H3;1-2,10H. The fourth-order valence-corrected chi connectivity index (χ4v) is 6.22. The lowest BCUT2D eigenvalue weighted by molar-refractivity contribution is -0.404. The molecular formula is C37H33BrN4O10. The van der Waals surface area contributed by atoms with E-state index >= 15 is 0 Å². The molecule has 0 saturated heterocycles. The van der Waals surface area contributed by atoms with E-state index in [9.17, 15) is 30.3 Å². The summed E-state index contributed by atoms with van der Waals surface area (Å²) in [6.45, 7) is 1.94. The van der Waals surface area contributed by atoms with Gasteiger partial charge >= 0.3 is 11.4 Å². The summed E-state index contributed by atoms with van der Waals surface area (Å²) >= 11 is 3.72. The first-order chi connectivity index (χ1) is 24.9. The van der Waals surface area contributed by atoms with E-state index in [0.717, 1.165) is 45.8 Å². The third-order valence-corrected chi connectivity index (χ3v) is 8.91. The Morgan fingerprint density at radius 3 is 1.79 bits per heavy atom. The second-order valence-corrected chi connectivity index (χ2v) is 12.6. The van der Waals surface area contributed by atoms with Crippen molar-refractivity contribution in [3.8, 4) is 23.0 Å². The van der Waals surface area contributed by atoms with Crippen LogP contribution in [0.2, 0.25) is 0 Å². The third kappa shape index (κ3) is 8.99. The van der Waals surface area contributed by atoms with Crippen molar-refractivity contribution in [2.24, 2.45) is 0 Å². The van der Waals surface area contributed by atoms with Crippen LogP contribution in [0.5, 0.6) is 23.0 Å². The SMILES string of the molecule is COc1cc2c(cc1OCc1ccccc1)C(Cc1ccc(OCc3ccccc3)c(Br)c1)N(C)C2.O=[N+]([O-])c1cc([N+](=O)[O-])c(O)c([N+](=O)[O-])c1. The molecular weight excluding hydrogens is 740 g/mol. The Balaban J connectivity index is 0.000000275. The highest BCUT2D eigenvalue weighted by molar-refractivity contribution is 9.10. The molecule has 0 fully saturated rings. The number of nitro groups is 3. The number of non-ortho nitro benzene ring substituents is 1. The van der Waals surface area contributed by atoms with Gasteiger partial charge in [-0.3, -0.25) is 35.2 Å². The lowest BCUT2D eigenvalue weighted by Crippen LogP contribution is -2.18. The van der Waals surface area contributed by atoms with E-state index in [4.69, 9.17) is 19.3 Å². The van der Waals surface area contributed by atoms with Crippen LogP contribution in [0.3, 0.4) is 0 Å². The van der Waals surface area contributed by atoms with Crippen molar-refractivity contribution in [2.75, 3.05) is 14.2 Å². The molecule has 268 valence electrons. The zero-order valence-electron chi connectivity index (χ0n) is 28.0. The quantitative estimate of drug-likeness (QED) is 0.0949. The molecule has 0 aromatic heterocycles. The average molecular weight is 774 g/mol. The summed E-state index contributed by atoms with van der Waals surface area (Å²) in [5.74, 6) is 1.21. The number of nitrogens with zero attached hydrogens (tertiary/aromatic N) is 4. The first-order valence-corrected chi connectivity index (χ1v) is 16.6. The van der Waals surface area contributed by atoms with Gasteiger partial charge in [0.05, 0.1) is 38.5 Å². The van der Waals surface area contributed by atoms with E-state index in [0.29, 0.717) is 25.3 Å². The minimum Gasteiger partial charge on any atom is -0.497 e. The molecule has 52 heavy (non-hydrogen) atoms. The number of phenolic OH excluding ortho intramolecular Hbond substituents is 1. The van der Waals surface area contributed by atoms with Gasteiger partial charge in [0.2, 0.25) is 0 Å². The largest absolute Gasteiger partial charge is 0.497 e. The van der Waals surface area contributed by atoms with E-state index in [1.807, 2.05) is 36.4 Å². The Bertz CT molecular complexity index is 2050. The number of aromatic hydroxyl groups is 1. The van der Waals surface area contributed by atoms with Gasteiger partial charge in [0.15, 0.2) is 11.5 Å². The molecule has 0 spiro atoms. The van der Waals surface area contributed by atoms with Crippen LogP contribution in [0, 0.1) is 30.3 Å². The molecule has 1 aliphatic rings. The summed E-state index contributed by atoms with van der Waals surface area (Å²) in [6, 6.07) is 32.3. The molecule has 0 amide bonds. The molecule has 0 radical (unpaired) electrons. The number of ether oxygens (including phenoxy) is 3. The molecule has 0 aliphatic carbocycles. The van der Waals surface area contributed by atoms with Gasteiger partial charge in [-0.15, -0.1) is 0 Å². The molecule has 1 unspecified atom stereocenters. The van der Waals surface area contributed by atoms with Gasteiger partial charge in [-0.2, -0.15) is 0 Å². The molecule has 15 heteroatoms. The number of halogens is 1. The Morgan fingerprint density at radius 1 is 0.731 bits per heavy atom. The highest BCUT2D eigenvalue weighted by atomic mass is 79.9. The molecule has 1 aliphatic heterocycles. The molecule has 5 aromatic carbocycles. The van der Waals surface area contributed by atoms with Crippen LogP contribution in [0.1, 0.15) is 33.9 Å². The average Bonchev–Trinajstić information content (AvgIpc) is 3.43. The van der Waals surface area contributed by atoms with Gasteiger partial charge in [-0.25, -0.2) is 0 Å². The summed E-state index contributed by atoms with van der Waals surface area (Å²) in [6.07, 6.45) is 0.894. The highest BCUT2D eigenvalue weighted by Gasteiger charge is 2.31. The molecule has 1 heterocycles. The summed E-state index contributed by atoms with van der Waals surface area (Å²) in [4.78, 5) is 30.2. The van der Waals surface area contributed by atoms with Crippen LogP contribution < -0.4 is 14.2 Å². The number of nitro benzene ring substituents is 3. The van der Waals surface area contributed by atoms with Crippen LogP contribution in [0.15, 0.2) is 108 Å². The van der Waals surface area contributed by atoms with Crippen molar-refractivity contribution in [3.63, 3.8) is 0 Å². The number of hydrogen-bond donors (Lipinski definition) is 1. The van der Waals surface area contributed by atoms with Crippen molar-refractivity contribution in [1.29, 1.82) is 0 Å². The van der Waals surface area contributed by atoms with E-state index in [1.54, 1.807) is 7.11 Å². The third-order valence-electron chi connectivity index (χ3n) is 8.29. The van der Waals surface area contributed by atoms with Crippen LogP contribution in [0.25, 0.3) is 0 Å². The van der Waals surface area contributed by atoms with Crippen LogP contribution in [0.4, 0.5) is 17.1 Å². The first-order valence-electron chi connectivity index (χ1n) is 15.8. The van der Waals surface area contributed by atoms with Gasteiger partial charge < -0.3 is 19.3 Å². The van der Waals surface area contributed by atoms with Crippen molar-refractivity contribution in [2.45, 2.75) is 32.2 Å². The minimum atomic E-state index is -1.21. The molecule has 14 nitrogen and oxygen atoms in total. The summed E-state index contributed by atoms with van der Waals surface area (Å²) in [5, 5.41) is 40.2. The van der Waals surface area contributed by atoms with Gasteiger partial charge in [0.25, 0.3) is 11.4 Å². The number of likely N-dealkylation sites (N-methyl/N-ethyl adjacent to an activating group) is 1. The maximum Gasteiger partial charge on any atom is 0.324 e. The van der Waals surface area contributed by atoms with Gasteiger partial charge in [-0.1, -0.05) is 66.7 Å². The Kier molecular flexibility index (Phi) is 12.0. The Morgan fingerprint density at radius 2 is 1.29 bits per heavy atom. The van der Waals surface area contributed by atoms with Crippen molar-refractivity contribution in [3.05, 3.63) is 166 Å². The van der Waals surface area contributed by atoms with Crippen LogP contribution >= 0.6 is 15.9 Å². The van der Waals surface area contributed by atoms with E-state index < -0.39 is 37.6 Å². The first kappa shape index (κ1) is 37.2. The van der Waals surface area contributed by atoms with E-state index in [2.05, 4.69) is 82.5 Å².